The van der Waals surface area contributed by atoms with Crippen LogP contribution in [0, 0.1) is 13.8 Å². The Kier molecular flexibility index (Phi) is 5.96. The highest BCUT2D eigenvalue weighted by Gasteiger charge is 2.12. The van der Waals surface area contributed by atoms with Gasteiger partial charge in [0.05, 0.1) is 11.3 Å². The molecule has 0 atom stereocenters. The Labute approximate surface area is 166 Å². The summed E-state index contributed by atoms with van der Waals surface area (Å²) in [7, 11) is 0. The second-order valence-electron chi connectivity index (χ2n) is 6.04. The molecule has 2 N–H and O–H groups in total. The summed E-state index contributed by atoms with van der Waals surface area (Å²) in [4.78, 5) is 24.4. The van der Waals surface area contributed by atoms with E-state index in [0.717, 1.165) is 11.3 Å². The quantitative estimate of drug-likeness (QED) is 0.639. The summed E-state index contributed by atoms with van der Waals surface area (Å²) in [5.41, 5.74) is 7.02. The standard InChI is InChI=1S/C20H18ClN3O4/c1-12-18(13(2)28-24-12)11-27-17-8-4-6-15(10-17)20(26)23-22-19(25)14-5-3-7-16(21)9-14/h3-10H,11H2,1-2H3,(H,22,25)(H,23,26). The molecule has 0 aliphatic heterocycles. The first kappa shape index (κ1) is 19.4. The number of rotatable bonds is 5. The SMILES string of the molecule is Cc1noc(C)c1COc1cccc(C(=O)NNC(=O)c2cccc(Cl)c2)c1. The van der Waals surface area contributed by atoms with Crippen molar-refractivity contribution in [3.63, 3.8) is 0 Å². The number of hydrazine groups is 1. The number of carbonyl (C=O) groups is 2. The molecule has 0 aliphatic carbocycles. The van der Waals surface area contributed by atoms with E-state index in [1.165, 1.54) is 6.07 Å². The minimum absolute atomic E-state index is 0.276. The number of halogens is 1. The fraction of sp³-hybridized carbons (Fsp3) is 0.150. The van der Waals surface area contributed by atoms with E-state index in [4.69, 9.17) is 20.9 Å². The third kappa shape index (κ3) is 4.69. The van der Waals surface area contributed by atoms with Gasteiger partial charge in [0.1, 0.15) is 18.1 Å². The molecule has 0 fully saturated rings. The van der Waals surface area contributed by atoms with Gasteiger partial charge in [-0.05, 0) is 50.2 Å². The van der Waals surface area contributed by atoms with Gasteiger partial charge < -0.3 is 9.26 Å². The van der Waals surface area contributed by atoms with Crippen LogP contribution in [0.3, 0.4) is 0 Å². The van der Waals surface area contributed by atoms with Gasteiger partial charge >= 0.3 is 0 Å². The molecule has 8 heteroatoms. The predicted octanol–water partition coefficient (Wildman–Crippen LogP) is 3.60. The van der Waals surface area contributed by atoms with Crippen molar-refractivity contribution < 1.29 is 18.8 Å². The van der Waals surface area contributed by atoms with Crippen molar-refractivity contribution in [3.8, 4) is 5.75 Å². The summed E-state index contributed by atoms with van der Waals surface area (Å²) in [6.45, 7) is 3.92. The fourth-order valence-electron chi connectivity index (χ4n) is 2.48. The van der Waals surface area contributed by atoms with Gasteiger partial charge in [-0.1, -0.05) is 28.9 Å². The molecule has 0 bridgehead atoms. The Hall–Kier alpha value is -3.32. The number of benzene rings is 2. The van der Waals surface area contributed by atoms with Gasteiger partial charge in [0.2, 0.25) is 0 Å². The molecule has 0 aliphatic rings. The van der Waals surface area contributed by atoms with E-state index in [0.29, 0.717) is 27.7 Å². The molecule has 28 heavy (non-hydrogen) atoms. The molecule has 144 valence electrons. The monoisotopic (exact) mass is 399 g/mol. The van der Waals surface area contributed by atoms with Crippen LogP contribution in [0.15, 0.2) is 53.1 Å². The van der Waals surface area contributed by atoms with Crippen molar-refractivity contribution in [1.29, 1.82) is 0 Å². The lowest BCUT2D eigenvalue weighted by Crippen LogP contribution is -2.41. The van der Waals surface area contributed by atoms with E-state index < -0.39 is 11.8 Å². The van der Waals surface area contributed by atoms with Crippen LogP contribution in [0.1, 0.15) is 37.7 Å². The average molecular weight is 400 g/mol. The molecule has 7 nitrogen and oxygen atoms in total. The van der Waals surface area contributed by atoms with Gasteiger partial charge in [-0.25, -0.2) is 0 Å². The van der Waals surface area contributed by atoms with Crippen LogP contribution >= 0.6 is 11.6 Å². The van der Waals surface area contributed by atoms with Crippen LogP contribution in [-0.4, -0.2) is 17.0 Å². The molecule has 0 saturated carbocycles. The molecule has 3 aromatic rings. The van der Waals surface area contributed by atoms with Gasteiger partial charge in [-0.2, -0.15) is 0 Å². The minimum Gasteiger partial charge on any atom is -0.489 e. The number of nitrogens with zero attached hydrogens (tertiary/aromatic N) is 1. The summed E-state index contributed by atoms with van der Waals surface area (Å²) in [5.74, 6) is 0.253. The Morgan fingerprint density at radius 1 is 1.04 bits per heavy atom. The number of aryl methyl sites for hydroxylation is 2. The predicted molar refractivity (Wildman–Crippen MR) is 103 cm³/mol. The number of carbonyl (C=O) groups excluding carboxylic acids is 2. The molecule has 0 saturated heterocycles. The number of nitrogens with one attached hydrogen (secondary N) is 2. The molecule has 2 amide bonds. The van der Waals surface area contributed by atoms with E-state index in [1.807, 2.05) is 13.8 Å². The average Bonchev–Trinajstić information content (AvgIpc) is 3.02. The van der Waals surface area contributed by atoms with Crippen LogP contribution in [0.4, 0.5) is 0 Å². The number of hydrogen-bond donors (Lipinski definition) is 2. The summed E-state index contributed by atoms with van der Waals surface area (Å²) < 4.78 is 10.8. The van der Waals surface area contributed by atoms with Crippen molar-refractivity contribution in [3.05, 3.63) is 81.7 Å². The maximum absolute atomic E-state index is 12.3. The van der Waals surface area contributed by atoms with E-state index >= 15 is 0 Å². The maximum atomic E-state index is 12.3. The normalized spacial score (nSPS) is 10.4. The van der Waals surface area contributed by atoms with Crippen molar-refractivity contribution in [2.24, 2.45) is 0 Å². The maximum Gasteiger partial charge on any atom is 0.269 e. The summed E-state index contributed by atoms with van der Waals surface area (Å²) in [6.07, 6.45) is 0. The van der Waals surface area contributed by atoms with Crippen LogP contribution in [-0.2, 0) is 6.61 Å². The number of amides is 2. The lowest BCUT2D eigenvalue weighted by atomic mass is 10.2. The Balaban J connectivity index is 1.60. The third-order valence-corrected chi connectivity index (χ3v) is 4.27. The zero-order valence-corrected chi connectivity index (χ0v) is 16.0. The van der Waals surface area contributed by atoms with E-state index in [1.54, 1.807) is 42.5 Å². The van der Waals surface area contributed by atoms with Crippen molar-refractivity contribution in [2.45, 2.75) is 20.5 Å². The number of aromatic nitrogens is 1. The first-order valence-electron chi connectivity index (χ1n) is 8.45. The third-order valence-electron chi connectivity index (χ3n) is 4.04. The fourth-order valence-corrected chi connectivity index (χ4v) is 2.67. The molecular weight excluding hydrogens is 382 g/mol. The summed E-state index contributed by atoms with van der Waals surface area (Å²) in [5, 5.41) is 4.31. The lowest BCUT2D eigenvalue weighted by Gasteiger charge is -2.10. The van der Waals surface area contributed by atoms with E-state index in [9.17, 15) is 9.59 Å². The Morgan fingerprint density at radius 2 is 1.68 bits per heavy atom. The Morgan fingerprint density at radius 3 is 2.29 bits per heavy atom. The van der Waals surface area contributed by atoms with Gasteiger partial charge in [0.25, 0.3) is 11.8 Å². The second kappa shape index (κ2) is 8.58. The van der Waals surface area contributed by atoms with E-state index in [2.05, 4.69) is 16.0 Å². The summed E-state index contributed by atoms with van der Waals surface area (Å²) >= 11 is 5.86. The summed E-state index contributed by atoms with van der Waals surface area (Å²) in [6, 6.07) is 13.0. The number of hydrogen-bond acceptors (Lipinski definition) is 5. The molecule has 2 aromatic carbocycles. The van der Waals surface area contributed by atoms with E-state index in [-0.39, 0.29) is 6.61 Å². The van der Waals surface area contributed by atoms with Crippen LogP contribution in [0.5, 0.6) is 5.75 Å². The second-order valence-corrected chi connectivity index (χ2v) is 6.47. The van der Waals surface area contributed by atoms with Gasteiger partial charge in [-0.3, -0.25) is 20.4 Å². The van der Waals surface area contributed by atoms with Gasteiger partial charge in [0, 0.05) is 16.1 Å². The molecule has 1 heterocycles. The molecular formula is C20H18ClN3O4. The Bertz CT molecular complexity index is 997. The smallest absolute Gasteiger partial charge is 0.269 e. The highest BCUT2D eigenvalue weighted by atomic mass is 35.5. The highest BCUT2D eigenvalue weighted by Crippen LogP contribution is 2.18. The van der Waals surface area contributed by atoms with Crippen LogP contribution in [0.25, 0.3) is 0 Å². The first-order valence-corrected chi connectivity index (χ1v) is 8.82. The van der Waals surface area contributed by atoms with Crippen LogP contribution in [0.2, 0.25) is 5.02 Å². The lowest BCUT2D eigenvalue weighted by molar-refractivity contribution is 0.0846. The first-order chi connectivity index (χ1) is 13.4. The topological polar surface area (TPSA) is 93.5 Å². The van der Waals surface area contributed by atoms with Crippen molar-refractivity contribution >= 4 is 23.4 Å². The highest BCUT2D eigenvalue weighted by molar-refractivity contribution is 6.30. The van der Waals surface area contributed by atoms with Crippen molar-refractivity contribution in [2.75, 3.05) is 0 Å². The van der Waals surface area contributed by atoms with Gasteiger partial charge in [-0.15, -0.1) is 0 Å². The zero-order chi connectivity index (χ0) is 20.1. The molecule has 1 aromatic heterocycles. The molecule has 0 spiro atoms. The largest absolute Gasteiger partial charge is 0.489 e. The van der Waals surface area contributed by atoms with Gasteiger partial charge in [0.15, 0.2) is 0 Å². The molecule has 0 unspecified atom stereocenters. The zero-order valence-electron chi connectivity index (χ0n) is 15.3. The minimum atomic E-state index is -0.474. The van der Waals surface area contributed by atoms with Crippen molar-refractivity contribution in [1.82, 2.24) is 16.0 Å². The number of ether oxygens (including phenoxy) is 1. The molecule has 0 radical (unpaired) electrons. The molecule has 3 rings (SSSR count). The van der Waals surface area contributed by atoms with Crippen LogP contribution < -0.4 is 15.6 Å².